The quantitative estimate of drug-likeness (QED) is 0.756. The van der Waals surface area contributed by atoms with E-state index in [9.17, 15) is 0 Å². The molecule has 0 saturated carbocycles. The monoisotopic (exact) mass is 196 g/mol. The molecule has 0 amide bonds. The molecule has 1 aromatic rings. The summed E-state index contributed by atoms with van der Waals surface area (Å²) in [7, 11) is 0. The molecular formula is C11H16O3. The van der Waals surface area contributed by atoms with Crippen molar-refractivity contribution in [2.75, 3.05) is 13.2 Å². The Kier molecular flexibility index (Phi) is 3.92. The first-order chi connectivity index (χ1) is 6.63. The molecule has 0 unspecified atom stereocenters. The van der Waals surface area contributed by atoms with E-state index in [0.29, 0.717) is 0 Å². The fourth-order valence-electron chi connectivity index (χ4n) is 1.05. The number of aliphatic hydroxyl groups is 2. The Morgan fingerprint density at radius 2 is 2.00 bits per heavy atom. The minimum atomic E-state index is -0.809. The highest BCUT2D eigenvalue weighted by atomic mass is 16.5. The Hall–Kier alpha value is -1.06. The van der Waals surface area contributed by atoms with E-state index in [0.717, 1.165) is 11.3 Å². The van der Waals surface area contributed by atoms with E-state index >= 15 is 0 Å². The van der Waals surface area contributed by atoms with Crippen LogP contribution in [0.4, 0.5) is 0 Å². The summed E-state index contributed by atoms with van der Waals surface area (Å²) in [6.07, 6.45) is -0.809. The first kappa shape index (κ1) is 11.0. The van der Waals surface area contributed by atoms with Gasteiger partial charge in [0.25, 0.3) is 0 Å². The first-order valence-corrected chi connectivity index (χ1v) is 4.62. The molecule has 1 rings (SSSR count). The third-order valence-electron chi connectivity index (χ3n) is 2.13. The first-order valence-electron chi connectivity index (χ1n) is 4.62. The third kappa shape index (κ3) is 3.01. The van der Waals surface area contributed by atoms with Gasteiger partial charge >= 0.3 is 0 Å². The molecule has 0 aliphatic rings. The van der Waals surface area contributed by atoms with Gasteiger partial charge in [0.05, 0.1) is 6.61 Å². The number of aliphatic hydroxyl groups excluding tert-OH is 2. The molecule has 2 N–H and O–H groups in total. The number of hydrogen-bond acceptors (Lipinski definition) is 3. The molecule has 0 aliphatic carbocycles. The lowest BCUT2D eigenvalue weighted by molar-refractivity contribution is 0.0536. The van der Waals surface area contributed by atoms with Crippen LogP contribution in [0.5, 0.6) is 5.75 Å². The van der Waals surface area contributed by atoms with Gasteiger partial charge in [0.1, 0.15) is 18.5 Å². The molecule has 0 spiro atoms. The molecule has 3 nitrogen and oxygen atoms in total. The van der Waals surface area contributed by atoms with Crippen LogP contribution in [0.3, 0.4) is 0 Å². The van der Waals surface area contributed by atoms with Crippen molar-refractivity contribution >= 4 is 0 Å². The second-order valence-electron chi connectivity index (χ2n) is 3.39. The number of rotatable bonds is 4. The zero-order valence-electron chi connectivity index (χ0n) is 8.53. The normalized spacial score (nSPS) is 12.6. The average molecular weight is 196 g/mol. The number of aryl methyl sites for hydroxylation is 2. The highest BCUT2D eigenvalue weighted by Crippen LogP contribution is 2.16. The molecule has 0 aliphatic heterocycles. The fourth-order valence-corrected chi connectivity index (χ4v) is 1.05. The molecule has 0 fully saturated rings. The van der Waals surface area contributed by atoms with Gasteiger partial charge in [0.15, 0.2) is 0 Å². The van der Waals surface area contributed by atoms with Gasteiger partial charge < -0.3 is 14.9 Å². The zero-order valence-corrected chi connectivity index (χ0v) is 8.53. The van der Waals surface area contributed by atoms with Crippen molar-refractivity contribution in [3.05, 3.63) is 29.3 Å². The number of hydrogen-bond donors (Lipinski definition) is 2. The Bertz CT molecular complexity index is 297. The Morgan fingerprint density at radius 3 is 2.57 bits per heavy atom. The van der Waals surface area contributed by atoms with Gasteiger partial charge in [-0.3, -0.25) is 0 Å². The number of ether oxygens (including phenoxy) is 1. The van der Waals surface area contributed by atoms with Crippen LogP contribution >= 0.6 is 0 Å². The number of benzene rings is 1. The van der Waals surface area contributed by atoms with Crippen molar-refractivity contribution in [3.8, 4) is 5.75 Å². The van der Waals surface area contributed by atoms with E-state index in [-0.39, 0.29) is 13.2 Å². The lowest BCUT2D eigenvalue weighted by Gasteiger charge is -2.10. The van der Waals surface area contributed by atoms with E-state index in [4.69, 9.17) is 14.9 Å². The minimum absolute atomic E-state index is 0.124. The van der Waals surface area contributed by atoms with E-state index in [2.05, 4.69) is 0 Å². The molecule has 78 valence electrons. The van der Waals surface area contributed by atoms with Crippen LogP contribution in [0, 0.1) is 13.8 Å². The summed E-state index contributed by atoms with van der Waals surface area (Å²) in [5.41, 5.74) is 2.36. The summed E-state index contributed by atoms with van der Waals surface area (Å²) in [6, 6.07) is 5.74. The lowest BCUT2D eigenvalue weighted by Crippen LogP contribution is -2.21. The van der Waals surface area contributed by atoms with Crippen molar-refractivity contribution in [2.45, 2.75) is 20.0 Å². The molecule has 0 aromatic heterocycles. The molecule has 1 atom stereocenters. The van der Waals surface area contributed by atoms with E-state index in [1.54, 1.807) is 0 Å². The Labute approximate surface area is 84.0 Å². The summed E-state index contributed by atoms with van der Waals surface area (Å²) < 4.78 is 5.28. The predicted molar refractivity (Wildman–Crippen MR) is 54.5 cm³/mol. The molecule has 0 heterocycles. The van der Waals surface area contributed by atoms with Crippen molar-refractivity contribution in [1.29, 1.82) is 0 Å². The van der Waals surface area contributed by atoms with Crippen LogP contribution < -0.4 is 4.74 Å². The largest absolute Gasteiger partial charge is 0.491 e. The summed E-state index contributed by atoms with van der Waals surface area (Å²) in [5.74, 6) is 0.723. The zero-order chi connectivity index (χ0) is 10.6. The van der Waals surface area contributed by atoms with Crippen LogP contribution in [0.2, 0.25) is 0 Å². The van der Waals surface area contributed by atoms with Crippen molar-refractivity contribution in [2.24, 2.45) is 0 Å². The summed E-state index contributed by atoms with van der Waals surface area (Å²) in [6.45, 7) is 3.89. The van der Waals surface area contributed by atoms with Crippen LogP contribution in [0.25, 0.3) is 0 Å². The van der Waals surface area contributed by atoms with Crippen LogP contribution in [0.15, 0.2) is 18.2 Å². The Morgan fingerprint density at radius 1 is 1.29 bits per heavy atom. The highest BCUT2D eigenvalue weighted by Gasteiger charge is 2.03. The smallest absolute Gasteiger partial charge is 0.119 e. The van der Waals surface area contributed by atoms with Crippen LogP contribution in [-0.2, 0) is 0 Å². The fraction of sp³-hybridized carbons (Fsp3) is 0.455. The lowest BCUT2D eigenvalue weighted by atomic mass is 10.1. The van der Waals surface area contributed by atoms with E-state index in [1.807, 2.05) is 32.0 Å². The molecule has 3 heteroatoms. The third-order valence-corrected chi connectivity index (χ3v) is 2.13. The molecule has 0 bridgehead atoms. The maximum atomic E-state index is 9.07. The molecule has 0 saturated heterocycles. The van der Waals surface area contributed by atoms with Gasteiger partial charge in [-0.05, 0) is 37.1 Å². The van der Waals surface area contributed by atoms with Crippen LogP contribution in [0.1, 0.15) is 11.1 Å². The average Bonchev–Trinajstić information content (AvgIpc) is 2.19. The van der Waals surface area contributed by atoms with Crippen molar-refractivity contribution in [1.82, 2.24) is 0 Å². The topological polar surface area (TPSA) is 49.7 Å². The molecule has 1 aromatic carbocycles. The van der Waals surface area contributed by atoms with Gasteiger partial charge in [0.2, 0.25) is 0 Å². The molecule has 14 heavy (non-hydrogen) atoms. The molecular weight excluding hydrogens is 180 g/mol. The summed E-state index contributed by atoms with van der Waals surface area (Å²) in [4.78, 5) is 0. The van der Waals surface area contributed by atoms with Crippen molar-refractivity contribution in [3.63, 3.8) is 0 Å². The van der Waals surface area contributed by atoms with E-state index < -0.39 is 6.10 Å². The van der Waals surface area contributed by atoms with Gasteiger partial charge in [-0.25, -0.2) is 0 Å². The second-order valence-corrected chi connectivity index (χ2v) is 3.39. The molecule has 0 radical (unpaired) electrons. The SMILES string of the molecule is Cc1ccc(OC[C@H](O)CO)cc1C. The predicted octanol–water partition coefficient (Wildman–Crippen LogP) is 1.04. The minimum Gasteiger partial charge on any atom is -0.491 e. The van der Waals surface area contributed by atoms with Gasteiger partial charge in [0, 0.05) is 0 Å². The highest BCUT2D eigenvalue weighted by molar-refractivity contribution is 5.33. The standard InChI is InChI=1S/C11H16O3/c1-8-3-4-11(5-9(8)2)14-7-10(13)6-12/h3-5,10,12-13H,6-7H2,1-2H3/t10-/m1/s1. The maximum absolute atomic E-state index is 9.07. The van der Waals surface area contributed by atoms with Gasteiger partial charge in [-0.1, -0.05) is 6.07 Å². The summed E-state index contributed by atoms with van der Waals surface area (Å²) in [5, 5.41) is 17.6. The van der Waals surface area contributed by atoms with E-state index in [1.165, 1.54) is 5.56 Å². The van der Waals surface area contributed by atoms with Crippen LogP contribution in [-0.4, -0.2) is 29.5 Å². The summed E-state index contributed by atoms with van der Waals surface area (Å²) >= 11 is 0. The van der Waals surface area contributed by atoms with Gasteiger partial charge in [-0.15, -0.1) is 0 Å². The maximum Gasteiger partial charge on any atom is 0.119 e. The van der Waals surface area contributed by atoms with Gasteiger partial charge in [-0.2, -0.15) is 0 Å². The van der Waals surface area contributed by atoms with Crippen molar-refractivity contribution < 1.29 is 14.9 Å². The second kappa shape index (κ2) is 4.98. The Balaban J connectivity index is 2.55.